The van der Waals surface area contributed by atoms with Gasteiger partial charge < -0.3 is 5.32 Å². The van der Waals surface area contributed by atoms with Crippen LogP contribution < -0.4 is 5.32 Å². The smallest absolute Gasteiger partial charge is 0.123 e. The van der Waals surface area contributed by atoms with Gasteiger partial charge in [0.1, 0.15) is 5.82 Å². The highest BCUT2D eigenvalue weighted by Crippen LogP contribution is 2.12. The van der Waals surface area contributed by atoms with Gasteiger partial charge in [-0.3, -0.25) is 4.68 Å². The van der Waals surface area contributed by atoms with Crippen LogP contribution in [0.4, 0.5) is 10.1 Å². The normalized spacial score (nSPS) is 9.82. The van der Waals surface area contributed by atoms with E-state index in [0.29, 0.717) is 6.54 Å². The number of aromatic nitrogens is 2. The number of nitrogens with one attached hydrogen (secondary N) is 1. The van der Waals surface area contributed by atoms with Crippen molar-refractivity contribution < 1.29 is 4.39 Å². The third-order valence-corrected chi connectivity index (χ3v) is 2.56. The summed E-state index contributed by atoms with van der Waals surface area (Å²) in [5, 5.41) is 7.22. The van der Waals surface area contributed by atoms with E-state index in [1.165, 1.54) is 12.1 Å². The molecule has 0 aliphatic carbocycles. The Morgan fingerprint density at radius 3 is 2.76 bits per heavy atom. The van der Waals surface area contributed by atoms with Crippen LogP contribution in [-0.4, -0.2) is 16.8 Å². The standard InChI is InChI=1S/C12H14FN3.ClH/c1-9-5-11(13)4-3-10(9)7-16-8-12(14-2)6-15-16;/h3-6,8,14H,7H2,1-2H3;1H. The maximum atomic E-state index is 12.9. The molecule has 2 rings (SSSR count). The van der Waals surface area contributed by atoms with Gasteiger partial charge in [-0.15, -0.1) is 12.4 Å². The summed E-state index contributed by atoms with van der Waals surface area (Å²) >= 11 is 0. The van der Waals surface area contributed by atoms with E-state index in [2.05, 4.69) is 10.4 Å². The lowest BCUT2D eigenvalue weighted by Gasteiger charge is -2.05. The minimum atomic E-state index is -0.197. The van der Waals surface area contributed by atoms with Crippen molar-refractivity contribution in [2.75, 3.05) is 12.4 Å². The van der Waals surface area contributed by atoms with Crippen molar-refractivity contribution in [2.45, 2.75) is 13.5 Å². The molecule has 5 heteroatoms. The molecule has 1 aromatic carbocycles. The molecule has 0 saturated heterocycles. The highest BCUT2D eigenvalue weighted by atomic mass is 35.5. The van der Waals surface area contributed by atoms with E-state index < -0.39 is 0 Å². The van der Waals surface area contributed by atoms with Gasteiger partial charge in [0.15, 0.2) is 0 Å². The van der Waals surface area contributed by atoms with E-state index in [4.69, 9.17) is 0 Å². The van der Waals surface area contributed by atoms with Crippen molar-refractivity contribution in [1.82, 2.24) is 9.78 Å². The summed E-state index contributed by atoms with van der Waals surface area (Å²) in [6, 6.07) is 4.81. The van der Waals surface area contributed by atoms with Gasteiger partial charge >= 0.3 is 0 Å². The number of rotatable bonds is 3. The first kappa shape index (κ1) is 13.5. The van der Waals surface area contributed by atoms with Crippen LogP contribution in [0.15, 0.2) is 30.6 Å². The molecule has 92 valence electrons. The lowest BCUT2D eigenvalue weighted by atomic mass is 10.1. The lowest BCUT2D eigenvalue weighted by Crippen LogP contribution is -2.02. The van der Waals surface area contributed by atoms with Gasteiger partial charge in [-0.2, -0.15) is 5.10 Å². The zero-order valence-corrected chi connectivity index (χ0v) is 10.6. The van der Waals surface area contributed by atoms with Crippen LogP contribution in [0.25, 0.3) is 0 Å². The van der Waals surface area contributed by atoms with Gasteiger partial charge in [0, 0.05) is 13.2 Å². The van der Waals surface area contributed by atoms with Crippen molar-refractivity contribution >= 4 is 18.1 Å². The average molecular weight is 256 g/mol. The number of halogens is 2. The Morgan fingerprint density at radius 1 is 1.41 bits per heavy atom. The molecule has 0 bridgehead atoms. The number of benzene rings is 1. The molecule has 1 aromatic heterocycles. The van der Waals surface area contributed by atoms with E-state index in [-0.39, 0.29) is 18.2 Å². The minimum absolute atomic E-state index is 0. The van der Waals surface area contributed by atoms with Crippen molar-refractivity contribution in [3.63, 3.8) is 0 Å². The Balaban J connectivity index is 0.00000144. The fourth-order valence-electron chi connectivity index (χ4n) is 1.59. The van der Waals surface area contributed by atoms with Crippen molar-refractivity contribution in [3.05, 3.63) is 47.5 Å². The van der Waals surface area contributed by atoms with Crippen molar-refractivity contribution in [3.8, 4) is 0 Å². The lowest BCUT2D eigenvalue weighted by molar-refractivity contribution is 0.622. The third-order valence-electron chi connectivity index (χ3n) is 2.56. The Kier molecular flexibility index (Phi) is 4.52. The predicted molar refractivity (Wildman–Crippen MR) is 69.3 cm³/mol. The predicted octanol–water partition coefficient (Wildman–Crippen LogP) is 2.84. The molecule has 0 unspecified atom stereocenters. The first-order valence-corrected chi connectivity index (χ1v) is 5.14. The SMILES string of the molecule is CNc1cnn(Cc2ccc(F)cc2C)c1.Cl. The number of aryl methyl sites for hydroxylation is 1. The van der Waals surface area contributed by atoms with Gasteiger partial charge in [0.05, 0.1) is 18.4 Å². The third kappa shape index (κ3) is 3.20. The highest BCUT2D eigenvalue weighted by molar-refractivity contribution is 5.85. The van der Waals surface area contributed by atoms with Crippen molar-refractivity contribution in [1.29, 1.82) is 0 Å². The van der Waals surface area contributed by atoms with Gasteiger partial charge in [-0.05, 0) is 30.2 Å². The van der Waals surface area contributed by atoms with Crippen LogP contribution in [0.3, 0.4) is 0 Å². The fourth-order valence-corrected chi connectivity index (χ4v) is 1.59. The van der Waals surface area contributed by atoms with Crippen molar-refractivity contribution in [2.24, 2.45) is 0 Å². The molecule has 2 aromatic rings. The molecule has 0 aliphatic rings. The second kappa shape index (κ2) is 5.68. The molecule has 3 nitrogen and oxygen atoms in total. The Hall–Kier alpha value is -1.55. The molecule has 1 heterocycles. The monoisotopic (exact) mass is 255 g/mol. The van der Waals surface area contributed by atoms with Gasteiger partial charge in [0.25, 0.3) is 0 Å². The molecule has 0 spiro atoms. The minimum Gasteiger partial charge on any atom is -0.386 e. The van der Waals surface area contributed by atoms with E-state index in [1.807, 2.05) is 24.9 Å². The maximum absolute atomic E-state index is 12.9. The summed E-state index contributed by atoms with van der Waals surface area (Å²) in [4.78, 5) is 0. The first-order chi connectivity index (χ1) is 7.69. The topological polar surface area (TPSA) is 29.9 Å². The van der Waals surface area contributed by atoms with Gasteiger partial charge in [-0.25, -0.2) is 4.39 Å². The van der Waals surface area contributed by atoms with E-state index in [0.717, 1.165) is 16.8 Å². The van der Waals surface area contributed by atoms with Crippen LogP contribution in [0.5, 0.6) is 0 Å². The molecule has 1 N–H and O–H groups in total. The van der Waals surface area contributed by atoms with E-state index in [1.54, 1.807) is 12.3 Å². The molecular weight excluding hydrogens is 241 g/mol. The summed E-state index contributed by atoms with van der Waals surface area (Å²) in [5.74, 6) is -0.197. The highest BCUT2D eigenvalue weighted by Gasteiger charge is 2.02. The largest absolute Gasteiger partial charge is 0.386 e. The molecule has 0 aliphatic heterocycles. The summed E-state index contributed by atoms with van der Waals surface area (Å²) in [7, 11) is 1.85. The molecule has 0 atom stereocenters. The molecular formula is C12H15ClFN3. The van der Waals surface area contributed by atoms with Crippen LogP contribution in [-0.2, 0) is 6.54 Å². The van der Waals surface area contributed by atoms with Gasteiger partial charge in [0.2, 0.25) is 0 Å². The van der Waals surface area contributed by atoms with E-state index in [9.17, 15) is 4.39 Å². The number of hydrogen-bond donors (Lipinski definition) is 1. The maximum Gasteiger partial charge on any atom is 0.123 e. The van der Waals surface area contributed by atoms with Crippen LogP contribution in [0, 0.1) is 12.7 Å². The second-order valence-corrected chi connectivity index (χ2v) is 3.75. The van der Waals surface area contributed by atoms with Gasteiger partial charge in [-0.1, -0.05) is 6.07 Å². The Morgan fingerprint density at radius 2 is 2.18 bits per heavy atom. The summed E-state index contributed by atoms with van der Waals surface area (Å²) in [6.45, 7) is 2.56. The summed E-state index contributed by atoms with van der Waals surface area (Å²) in [6.07, 6.45) is 3.68. The summed E-state index contributed by atoms with van der Waals surface area (Å²) in [5.41, 5.74) is 2.99. The average Bonchev–Trinajstić information content (AvgIpc) is 2.70. The van der Waals surface area contributed by atoms with Crippen LogP contribution in [0.2, 0.25) is 0 Å². The Labute approximate surface area is 106 Å². The number of anilines is 1. The molecule has 17 heavy (non-hydrogen) atoms. The quantitative estimate of drug-likeness (QED) is 0.914. The number of hydrogen-bond acceptors (Lipinski definition) is 2. The zero-order valence-electron chi connectivity index (χ0n) is 9.77. The Bertz CT molecular complexity index is 496. The van der Waals surface area contributed by atoms with Crippen LogP contribution >= 0.6 is 12.4 Å². The molecule has 0 amide bonds. The zero-order chi connectivity index (χ0) is 11.5. The number of nitrogens with zero attached hydrogens (tertiary/aromatic N) is 2. The molecule has 0 saturated carbocycles. The second-order valence-electron chi connectivity index (χ2n) is 3.75. The van der Waals surface area contributed by atoms with Crippen LogP contribution in [0.1, 0.15) is 11.1 Å². The summed E-state index contributed by atoms with van der Waals surface area (Å²) < 4.78 is 14.7. The molecule has 0 fully saturated rings. The fraction of sp³-hybridized carbons (Fsp3) is 0.250. The van der Waals surface area contributed by atoms with E-state index >= 15 is 0 Å². The molecule has 0 radical (unpaired) electrons. The first-order valence-electron chi connectivity index (χ1n) is 5.14.